The summed E-state index contributed by atoms with van der Waals surface area (Å²) >= 11 is 0. The number of amides is 3. The number of nitrogens with one attached hydrogen (secondary N) is 3. The molecule has 9 heteroatoms. The summed E-state index contributed by atoms with van der Waals surface area (Å²) in [5.74, 6) is -1.94. The Morgan fingerprint density at radius 1 is 1.30 bits per heavy atom. The summed E-state index contributed by atoms with van der Waals surface area (Å²) in [5.41, 5.74) is -1.83. The van der Waals surface area contributed by atoms with Crippen LogP contribution in [0.25, 0.3) is 0 Å². The maximum atomic E-state index is 12.2. The number of nitrogens with zero attached hydrogens (tertiary/aromatic N) is 1. The van der Waals surface area contributed by atoms with Gasteiger partial charge in [0, 0.05) is 6.07 Å². The van der Waals surface area contributed by atoms with Crippen molar-refractivity contribution in [3.05, 3.63) is 32.6 Å². The highest BCUT2D eigenvalue weighted by atomic mass is 16.2. The minimum absolute atomic E-state index is 0.264. The van der Waals surface area contributed by atoms with Crippen LogP contribution in [0.3, 0.4) is 0 Å². The quantitative estimate of drug-likeness (QED) is 0.536. The predicted octanol–water partition coefficient (Wildman–Crippen LogP) is -2.06. The van der Waals surface area contributed by atoms with Gasteiger partial charge in [-0.05, 0) is 6.42 Å². The maximum absolute atomic E-state index is 12.2. The normalized spacial score (nSPS) is 18.9. The highest BCUT2D eigenvalue weighted by Gasteiger charge is 2.36. The van der Waals surface area contributed by atoms with Crippen LogP contribution in [0.2, 0.25) is 0 Å². The lowest BCUT2D eigenvalue weighted by Crippen LogP contribution is -2.59. The third kappa shape index (κ3) is 2.51. The van der Waals surface area contributed by atoms with Crippen molar-refractivity contribution in [1.82, 2.24) is 20.2 Å². The first-order chi connectivity index (χ1) is 9.42. The van der Waals surface area contributed by atoms with E-state index in [0.29, 0.717) is 6.42 Å². The van der Waals surface area contributed by atoms with Crippen molar-refractivity contribution < 1.29 is 14.4 Å². The molecule has 1 atom stereocenters. The van der Waals surface area contributed by atoms with E-state index in [1.54, 1.807) is 6.92 Å². The van der Waals surface area contributed by atoms with Gasteiger partial charge in [0.15, 0.2) is 0 Å². The van der Waals surface area contributed by atoms with Crippen molar-refractivity contribution in [3.63, 3.8) is 0 Å². The second-order valence-corrected chi connectivity index (χ2v) is 4.27. The Kier molecular flexibility index (Phi) is 3.51. The first kappa shape index (κ1) is 13.7. The Hall–Kier alpha value is -2.71. The molecule has 0 spiro atoms. The second kappa shape index (κ2) is 5.11. The van der Waals surface area contributed by atoms with Crippen molar-refractivity contribution >= 4 is 17.7 Å². The first-order valence-electron chi connectivity index (χ1n) is 5.90. The molecule has 3 N–H and O–H groups in total. The number of imide groups is 1. The lowest BCUT2D eigenvalue weighted by Gasteiger charge is -2.33. The standard InChI is InChI=1S/C11H12N4O5/c1-2-6-9(18)13-8(17)4-15(6)10(19)5-3-7(16)14-11(20)12-5/h3,6H,2,4H2,1H3,(H,13,17,18)(H2,12,14,16,20). The zero-order chi connectivity index (χ0) is 14.9. The van der Waals surface area contributed by atoms with E-state index in [1.165, 1.54) is 0 Å². The summed E-state index contributed by atoms with van der Waals surface area (Å²) in [6, 6.07) is 0.0935. The molecule has 1 aliphatic rings. The van der Waals surface area contributed by atoms with E-state index in [9.17, 15) is 24.0 Å². The van der Waals surface area contributed by atoms with Crippen LogP contribution in [0.1, 0.15) is 23.8 Å². The zero-order valence-corrected chi connectivity index (χ0v) is 10.6. The molecule has 0 radical (unpaired) electrons. The van der Waals surface area contributed by atoms with E-state index in [4.69, 9.17) is 0 Å². The average molecular weight is 280 g/mol. The topological polar surface area (TPSA) is 132 Å². The molecule has 2 heterocycles. The van der Waals surface area contributed by atoms with Gasteiger partial charge in [-0.1, -0.05) is 6.92 Å². The van der Waals surface area contributed by atoms with Gasteiger partial charge in [0.2, 0.25) is 11.8 Å². The van der Waals surface area contributed by atoms with Crippen LogP contribution in [0, 0.1) is 0 Å². The van der Waals surface area contributed by atoms with Crippen molar-refractivity contribution in [2.75, 3.05) is 6.54 Å². The largest absolute Gasteiger partial charge is 0.326 e. The lowest BCUT2D eigenvalue weighted by atomic mass is 10.1. The van der Waals surface area contributed by atoms with E-state index in [1.807, 2.05) is 4.98 Å². The number of piperazine rings is 1. The average Bonchev–Trinajstić information content (AvgIpc) is 2.35. The van der Waals surface area contributed by atoms with Crippen LogP contribution in [0.15, 0.2) is 15.7 Å². The highest BCUT2D eigenvalue weighted by Crippen LogP contribution is 2.11. The fraction of sp³-hybridized carbons (Fsp3) is 0.364. The molecule has 3 amide bonds. The molecule has 20 heavy (non-hydrogen) atoms. The van der Waals surface area contributed by atoms with Crippen LogP contribution in [0.5, 0.6) is 0 Å². The van der Waals surface area contributed by atoms with Crippen molar-refractivity contribution in [2.24, 2.45) is 0 Å². The number of rotatable bonds is 2. The smallest absolute Gasteiger partial charge is 0.316 e. The van der Waals surface area contributed by atoms with Gasteiger partial charge >= 0.3 is 5.69 Å². The fourth-order valence-corrected chi connectivity index (χ4v) is 2.02. The summed E-state index contributed by atoms with van der Waals surface area (Å²) in [7, 11) is 0. The van der Waals surface area contributed by atoms with E-state index in [-0.39, 0.29) is 12.2 Å². The molecular formula is C11H12N4O5. The number of carbonyl (C=O) groups excluding carboxylic acids is 3. The molecule has 9 nitrogen and oxygen atoms in total. The molecule has 1 unspecified atom stereocenters. The van der Waals surface area contributed by atoms with Crippen LogP contribution in [-0.4, -0.2) is 45.2 Å². The Bertz CT molecular complexity index is 660. The molecule has 2 rings (SSSR count). The molecule has 1 aromatic heterocycles. The van der Waals surface area contributed by atoms with Gasteiger partial charge in [0.1, 0.15) is 18.3 Å². The molecule has 1 fully saturated rings. The molecular weight excluding hydrogens is 268 g/mol. The summed E-state index contributed by atoms with van der Waals surface area (Å²) < 4.78 is 0. The van der Waals surface area contributed by atoms with E-state index in [2.05, 4.69) is 10.3 Å². The molecule has 0 aliphatic carbocycles. The lowest BCUT2D eigenvalue weighted by molar-refractivity contribution is -0.138. The minimum atomic E-state index is -0.832. The van der Waals surface area contributed by atoms with Gasteiger partial charge in [-0.15, -0.1) is 0 Å². The highest BCUT2D eigenvalue weighted by molar-refractivity contribution is 6.06. The minimum Gasteiger partial charge on any atom is -0.316 e. The molecule has 0 saturated carbocycles. The van der Waals surface area contributed by atoms with Crippen molar-refractivity contribution in [1.29, 1.82) is 0 Å². The SMILES string of the molecule is CCC1C(=O)NC(=O)CN1C(=O)c1cc(=O)[nH]c(=O)[nH]1. The van der Waals surface area contributed by atoms with Gasteiger partial charge in [0.25, 0.3) is 11.5 Å². The van der Waals surface area contributed by atoms with Gasteiger partial charge in [0.05, 0.1) is 0 Å². The van der Waals surface area contributed by atoms with Gasteiger partial charge in [-0.25, -0.2) is 4.79 Å². The third-order valence-electron chi connectivity index (χ3n) is 2.89. The molecule has 0 bridgehead atoms. The number of aromatic nitrogens is 2. The number of hydrogen-bond acceptors (Lipinski definition) is 5. The van der Waals surface area contributed by atoms with Crippen LogP contribution in [0.4, 0.5) is 0 Å². The van der Waals surface area contributed by atoms with Crippen molar-refractivity contribution in [2.45, 2.75) is 19.4 Å². The molecule has 106 valence electrons. The molecule has 1 aliphatic heterocycles. The molecule has 1 saturated heterocycles. The molecule has 1 aromatic rings. The monoisotopic (exact) mass is 280 g/mol. The summed E-state index contributed by atoms with van der Waals surface area (Å²) in [6.07, 6.45) is 0.304. The Morgan fingerprint density at radius 3 is 2.60 bits per heavy atom. The van der Waals surface area contributed by atoms with Gasteiger partial charge in [-0.2, -0.15) is 0 Å². The van der Waals surface area contributed by atoms with Crippen LogP contribution in [-0.2, 0) is 9.59 Å². The van der Waals surface area contributed by atoms with Gasteiger partial charge < -0.3 is 9.88 Å². The number of aromatic amines is 2. The number of H-pyrrole nitrogens is 2. The van der Waals surface area contributed by atoms with Crippen LogP contribution >= 0.6 is 0 Å². The number of hydrogen-bond donors (Lipinski definition) is 3. The Labute approximate surface area is 112 Å². The Balaban J connectivity index is 2.39. The third-order valence-corrected chi connectivity index (χ3v) is 2.89. The fourth-order valence-electron chi connectivity index (χ4n) is 2.02. The molecule has 0 aromatic carbocycles. The Morgan fingerprint density at radius 2 is 2.00 bits per heavy atom. The zero-order valence-electron chi connectivity index (χ0n) is 10.6. The van der Waals surface area contributed by atoms with Crippen molar-refractivity contribution in [3.8, 4) is 0 Å². The predicted molar refractivity (Wildman–Crippen MR) is 65.9 cm³/mol. The summed E-state index contributed by atoms with van der Waals surface area (Å²) in [5, 5.41) is 2.13. The second-order valence-electron chi connectivity index (χ2n) is 4.27. The summed E-state index contributed by atoms with van der Waals surface area (Å²) in [4.78, 5) is 62.7. The number of carbonyl (C=O) groups is 3. The van der Waals surface area contributed by atoms with Gasteiger partial charge in [-0.3, -0.25) is 29.5 Å². The van der Waals surface area contributed by atoms with E-state index >= 15 is 0 Å². The van der Waals surface area contributed by atoms with E-state index < -0.39 is 35.0 Å². The van der Waals surface area contributed by atoms with Crippen LogP contribution < -0.4 is 16.6 Å². The first-order valence-corrected chi connectivity index (χ1v) is 5.90. The van der Waals surface area contributed by atoms with E-state index in [0.717, 1.165) is 11.0 Å². The maximum Gasteiger partial charge on any atom is 0.326 e. The summed E-state index contributed by atoms with van der Waals surface area (Å²) in [6.45, 7) is 1.37.